The second-order valence-electron chi connectivity index (χ2n) is 16.6. The molecule has 5 aromatic rings. The Morgan fingerprint density at radius 3 is 2.63 bits per heavy atom. The number of rotatable bonds is 13. The van der Waals surface area contributed by atoms with Crippen LogP contribution in [-0.2, 0) is 4.74 Å². The molecule has 0 unspecified atom stereocenters. The molecular weight excluding hydrogens is 796 g/mol. The summed E-state index contributed by atoms with van der Waals surface area (Å²) in [4.78, 5) is 36.2. The van der Waals surface area contributed by atoms with Gasteiger partial charge in [0, 0.05) is 67.0 Å². The first kappa shape index (κ1) is 40.3. The Labute approximate surface area is 359 Å². The number of nitro groups is 1. The Morgan fingerprint density at radius 1 is 1.03 bits per heavy atom. The van der Waals surface area contributed by atoms with Gasteiger partial charge in [-0.05, 0) is 145 Å². The van der Waals surface area contributed by atoms with Gasteiger partial charge in [0.1, 0.15) is 22.8 Å². The summed E-state index contributed by atoms with van der Waals surface area (Å²) in [6.07, 6.45) is 16.1. The smallest absolute Gasteiger partial charge is 0.293 e. The predicted octanol–water partition coefficient (Wildman–Crippen LogP) is 11.1. The fraction of sp³-hybridized carbons (Fsp3) is 0.362. The van der Waals surface area contributed by atoms with Crippen LogP contribution in [0, 0.1) is 21.4 Å². The molecule has 1 saturated carbocycles. The third kappa shape index (κ3) is 9.12. The number of H-pyrrole nitrogens is 1. The van der Waals surface area contributed by atoms with Gasteiger partial charge in [0.05, 0.1) is 16.7 Å². The van der Waals surface area contributed by atoms with Crippen LogP contribution in [0.25, 0.3) is 22.2 Å². The first-order valence-corrected chi connectivity index (χ1v) is 22.2. The monoisotopic (exact) mass is 844 g/mol. The Morgan fingerprint density at radius 2 is 1.87 bits per heavy atom. The number of nitro benzene ring substituents is 1. The number of hydrogen-bond acceptors (Lipinski definition) is 9. The molecule has 2 aliphatic carbocycles. The lowest BCUT2D eigenvalue weighted by molar-refractivity contribution is -0.384. The van der Waals surface area contributed by atoms with Crippen LogP contribution in [0.1, 0.15) is 79.3 Å². The number of amides is 1. The molecule has 2 aliphatic heterocycles. The summed E-state index contributed by atoms with van der Waals surface area (Å²) in [7, 11) is 0. The Bertz CT molecular complexity index is 2460. The number of allylic oxidation sites excluding steroid dienone is 1. The first-order valence-electron chi connectivity index (χ1n) is 21.0. The maximum Gasteiger partial charge on any atom is 0.293 e. The summed E-state index contributed by atoms with van der Waals surface area (Å²) in [6, 6.07) is 22.9. The van der Waals surface area contributed by atoms with Gasteiger partial charge < -0.3 is 19.8 Å². The van der Waals surface area contributed by atoms with Gasteiger partial charge in [-0.3, -0.25) is 24.5 Å². The van der Waals surface area contributed by atoms with E-state index in [0.29, 0.717) is 58.7 Å². The minimum atomic E-state index is -0.396. The van der Waals surface area contributed by atoms with Gasteiger partial charge in [-0.1, -0.05) is 47.9 Å². The number of nitrogens with one attached hydrogen (secondary N) is 3. The number of carbonyl (C=O) groups is 1. The van der Waals surface area contributed by atoms with Crippen LogP contribution in [0.4, 0.5) is 11.4 Å². The van der Waals surface area contributed by atoms with E-state index in [-0.39, 0.29) is 11.6 Å². The molecule has 3 aromatic carbocycles. The fourth-order valence-electron chi connectivity index (χ4n) is 9.11. The van der Waals surface area contributed by atoms with Crippen molar-refractivity contribution < 1.29 is 19.2 Å². The van der Waals surface area contributed by atoms with Crippen molar-refractivity contribution >= 4 is 63.0 Å². The van der Waals surface area contributed by atoms with Gasteiger partial charge in [-0.25, -0.2) is 4.98 Å². The number of aromatic nitrogens is 2. The van der Waals surface area contributed by atoms with Gasteiger partial charge in [-0.2, -0.15) is 0 Å². The molecular formula is C47H49ClN6O5S. The molecule has 1 saturated heterocycles. The molecule has 2 fully saturated rings. The third-order valence-electron chi connectivity index (χ3n) is 12.8. The highest BCUT2D eigenvalue weighted by atomic mass is 35.5. The summed E-state index contributed by atoms with van der Waals surface area (Å²) in [6.45, 7) is 4.77. The summed E-state index contributed by atoms with van der Waals surface area (Å²) < 4.78 is 14.8. The number of anilines is 1. The van der Waals surface area contributed by atoms with E-state index in [2.05, 4.69) is 43.1 Å². The minimum absolute atomic E-state index is 0.0406. The quantitative estimate of drug-likeness (QED) is 0.0601. The second kappa shape index (κ2) is 17.8. The Hall–Kier alpha value is -5.14. The fourth-order valence-corrected chi connectivity index (χ4v) is 9.87. The lowest BCUT2D eigenvalue weighted by atomic mass is 9.59. The maximum absolute atomic E-state index is 13.9. The number of pyridine rings is 1. The molecule has 1 amide bonds. The van der Waals surface area contributed by atoms with Crippen LogP contribution in [0.2, 0.25) is 5.02 Å². The lowest BCUT2D eigenvalue weighted by Gasteiger charge is -2.47. The van der Waals surface area contributed by atoms with Crippen molar-refractivity contribution in [2.75, 3.05) is 44.7 Å². The molecule has 11 nitrogen and oxygen atoms in total. The first-order chi connectivity index (χ1) is 29.3. The zero-order valence-electron chi connectivity index (χ0n) is 33.5. The number of carbonyl (C=O) groups excluding carboxylic acids is 1. The zero-order chi connectivity index (χ0) is 41.1. The van der Waals surface area contributed by atoms with Gasteiger partial charge in [0.15, 0.2) is 0 Å². The van der Waals surface area contributed by atoms with E-state index < -0.39 is 4.92 Å². The number of benzene rings is 3. The van der Waals surface area contributed by atoms with Gasteiger partial charge in [0.25, 0.3) is 11.6 Å². The summed E-state index contributed by atoms with van der Waals surface area (Å²) >= 11 is 7.32. The standard InChI is InChI=1S/C47H49ClN6O5S/c48-37-5-2-33(3-6-37)41-27-47(16-1-17-47)18-10-36(41)30-53-20-12-32(13-21-53)34-4-8-40(44(25-34)59-38-24-35-11-19-49-45(35)51-29-38)46(55)52-60-39-7-9-42(43(26-39)54(56)57)50-28-31-14-22-58-23-15-31/h2-9,11-12,19,24-26,29,31,50H,1,10,13-18,20-23,27-28,30H2,(H,49,51)(H,52,55). The molecule has 2 aromatic heterocycles. The average molecular weight is 845 g/mol. The number of aromatic amines is 1. The van der Waals surface area contributed by atoms with Crippen molar-refractivity contribution in [3.05, 3.63) is 129 Å². The molecule has 0 radical (unpaired) electrons. The van der Waals surface area contributed by atoms with Crippen LogP contribution in [0.3, 0.4) is 0 Å². The summed E-state index contributed by atoms with van der Waals surface area (Å²) in [5.74, 6) is 0.920. The van der Waals surface area contributed by atoms with E-state index in [4.69, 9.17) is 21.1 Å². The third-order valence-corrected chi connectivity index (χ3v) is 13.8. The molecule has 3 N–H and O–H groups in total. The van der Waals surface area contributed by atoms with E-state index in [1.165, 1.54) is 48.5 Å². The number of halogens is 1. The number of ether oxygens (including phenoxy) is 2. The second-order valence-corrected chi connectivity index (χ2v) is 18.0. The minimum Gasteiger partial charge on any atom is -0.455 e. The number of hydrogen-bond donors (Lipinski definition) is 3. The van der Waals surface area contributed by atoms with Crippen molar-refractivity contribution in [2.45, 2.75) is 62.7 Å². The highest BCUT2D eigenvalue weighted by Gasteiger charge is 2.40. The van der Waals surface area contributed by atoms with E-state index in [9.17, 15) is 14.9 Å². The predicted molar refractivity (Wildman–Crippen MR) is 239 cm³/mol. The molecule has 310 valence electrons. The van der Waals surface area contributed by atoms with Crippen molar-refractivity contribution in [3.8, 4) is 11.5 Å². The highest BCUT2D eigenvalue weighted by molar-refractivity contribution is 7.98. The van der Waals surface area contributed by atoms with Crippen molar-refractivity contribution in [2.24, 2.45) is 11.3 Å². The van der Waals surface area contributed by atoms with Crippen LogP contribution < -0.4 is 14.8 Å². The van der Waals surface area contributed by atoms with E-state index in [1.807, 2.05) is 42.6 Å². The lowest BCUT2D eigenvalue weighted by Crippen LogP contribution is -2.36. The van der Waals surface area contributed by atoms with Crippen LogP contribution >= 0.6 is 23.5 Å². The molecule has 0 atom stereocenters. The van der Waals surface area contributed by atoms with Crippen LogP contribution in [-0.4, -0.2) is 65.1 Å². The Balaban J connectivity index is 0.916. The molecule has 4 aliphatic rings. The van der Waals surface area contributed by atoms with Gasteiger partial charge >= 0.3 is 0 Å². The summed E-state index contributed by atoms with van der Waals surface area (Å²) in [5.41, 5.74) is 8.55. The highest BCUT2D eigenvalue weighted by Crippen LogP contribution is 2.55. The van der Waals surface area contributed by atoms with Crippen LogP contribution in [0.5, 0.6) is 11.5 Å². The van der Waals surface area contributed by atoms with E-state index in [1.54, 1.807) is 30.0 Å². The van der Waals surface area contributed by atoms with Gasteiger partial charge in [0.2, 0.25) is 0 Å². The molecule has 9 rings (SSSR count). The zero-order valence-corrected chi connectivity index (χ0v) is 35.1. The molecule has 0 bridgehead atoms. The number of nitrogens with zero attached hydrogens (tertiary/aromatic N) is 3. The topological polar surface area (TPSA) is 135 Å². The van der Waals surface area contributed by atoms with E-state index >= 15 is 0 Å². The molecule has 4 heterocycles. The SMILES string of the molecule is O=C(NSc1ccc(NCC2CCOCC2)c([N+](=O)[O-])c1)c1ccc(C2=CCN(CC3=C(c4ccc(Cl)cc4)CC4(CCC4)CC3)CC2)cc1Oc1cnc2[nH]ccc2c1. The van der Waals surface area contributed by atoms with Crippen molar-refractivity contribution in [1.82, 2.24) is 19.6 Å². The normalized spacial score (nSPS) is 18.2. The van der Waals surface area contributed by atoms with Crippen molar-refractivity contribution in [1.29, 1.82) is 0 Å². The van der Waals surface area contributed by atoms with E-state index in [0.717, 1.165) is 85.3 Å². The number of fused-ring (bicyclic) bond motifs is 1. The van der Waals surface area contributed by atoms with Crippen molar-refractivity contribution in [3.63, 3.8) is 0 Å². The molecule has 1 spiro atoms. The van der Waals surface area contributed by atoms with Crippen LogP contribution in [0.15, 0.2) is 102 Å². The Kier molecular flexibility index (Phi) is 12.0. The maximum atomic E-state index is 13.9. The molecule has 60 heavy (non-hydrogen) atoms. The molecule has 13 heteroatoms. The largest absolute Gasteiger partial charge is 0.455 e. The summed E-state index contributed by atoms with van der Waals surface area (Å²) in [5, 5.41) is 17.0. The van der Waals surface area contributed by atoms with Gasteiger partial charge in [-0.15, -0.1) is 0 Å². The average Bonchev–Trinajstić information content (AvgIpc) is 3.74.